The van der Waals surface area contributed by atoms with E-state index in [4.69, 9.17) is 0 Å². The zero-order valence-electron chi connectivity index (χ0n) is 12.6. The summed E-state index contributed by atoms with van der Waals surface area (Å²) < 4.78 is 0. The van der Waals surface area contributed by atoms with Gasteiger partial charge >= 0.3 is 0 Å². The van der Waals surface area contributed by atoms with Crippen LogP contribution >= 0.6 is 0 Å². The number of aromatic amines is 1. The van der Waals surface area contributed by atoms with Crippen LogP contribution in [0.2, 0.25) is 0 Å². The van der Waals surface area contributed by atoms with Crippen LogP contribution in [-0.2, 0) is 0 Å². The number of piperazine rings is 1. The van der Waals surface area contributed by atoms with Gasteiger partial charge in [-0.25, -0.2) is 0 Å². The lowest BCUT2D eigenvalue weighted by Gasteiger charge is -2.38. The van der Waals surface area contributed by atoms with Crippen LogP contribution in [0.5, 0.6) is 0 Å². The molecule has 116 valence electrons. The number of hydrogen-bond acceptors (Lipinski definition) is 4. The molecule has 0 aliphatic carbocycles. The summed E-state index contributed by atoms with van der Waals surface area (Å²) in [5.74, 6) is -0.215. The Morgan fingerprint density at radius 3 is 2.52 bits per heavy atom. The number of rotatable bonds is 4. The maximum atomic E-state index is 12.4. The molecule has 2 N–H and O–H groups in total. The summed E-state index contributed by atoms with van der Waals surface area (Å²) in [6, 6.07) is 3.49. The number of nitrogens with zero attached hydrogens (tertiary/aromatic N) is 2. The number of carbonyl (C=O) groups is 1. The lowest BCUT2D eigenvalue weighted by molar-refractivity contribution is 0.0471. The third kappa shape index (κ3) is 3.51. The number of H-pyrrole nitrogens is 1. The van der Waals surface area contributed by atoms with Crippen molar-refractivity contribution >= 4 is 5.91 Å². The van der Waals surface area contributed by atoms with Gasteiger partial charge in [0, 0.05) is 37.9 Å². The number of aliphatic hydroxyl groups is 1. The van der Waals surface area contributed by atoms with Gasteiger partial charge in [0.1, 0.15) is 5.56 Å². The Balaban J connectivity index is 2.02. The van der Waals surface area contributed by atoms with Crippen LogP contribution in [0.4, 0.5) is 0 Å². The van der Waals surface area contributed by atoms with E-state index in [1.807, 2.05) is 6.92 Å². The zero-order chi connectivity index (χ0) is 15.4. The molecule has 1 aromatic heterocycles. The number of hydrogen-bond donors (Lipinski definition) is 2. The molecule has 0 bridgehead atoms. The first kappa shape index (κ1) is 15.7. The van der Waals surface area contributed by atoms with Crippen molar-refractivity contribution in [1.82, 2.24) is 14.8 Å². The van der Waals surface area contributed by atoms with Crippen LogP contribution in [0.1, 0.15) is 29.4 Å². The van der Waals surface area contributed by atoms with Gasteiger partial charge in [-0.3, -0.25) is 14.5 Å². The van der Waals surface area contributed by atoms with Crippen molar-refractivity contribution in [2.75, 3.05) is 32.8 Å². The van der Waals surface area contributed by atoms with E-state index in [9.17, 15) is 14.7 Å². The molecule has 0 radical (unpaired) electrons. The van der Waals surface area contributed by atoms with Crippen LogP contribution in [0.15, 0.2) is 16.9 Å². The number of amides is 1. The molecule has 1 aliphatic rings. The number of pyridine rings is 1. The molecule has 1 amide bonds. The Labute approximate surface area is 124 Å². The summed E-state index contributed by atoms with van der Waals surface area (Å²) >= 11 is 0. The summed E-state index contributed by atoms with van der Waals surface area (Å²) in [6.07, 6.45) is 0.891. The van der Waals surface area contributed by atoms with E-state index >= 15 is 0 Å². The van der Waals surface area contributed by atoms with Crippen molar-refractivity contribution < 1.29 is 9.90 Å². The third-order valence-electron chi connectivity index (χ3n) is 4.09. The molecule has 2 heterocycles. The predicted molar refractivity (Wildman–Crippen MR) is 80.4 cm³/mol. The van der Waals surface area contributed by atoms with Gasteiger partial charge in [-0.05, 0) is 25.5 Å². The third-order valence-corrected chi connectivity index (χ3v) is 4.09. The van der Waals surface area contributed by atoms with Crippen molar-refractivity contribution in [3.8, 4) is 0 Å². The highest BCUT2D eigenvalue weighted by Gasteiger charge is 2.26. The summed E-state index contributed by atoms with van der Waals surface area (Å²) in [4.78, 5) is 30.8. The Morgan fingerprint density at radius 2 is 2.00 bits per heavy atom. The van der Waals surface area contributed by atoms with E-state index in [-0.39, 0.29) is 29.7 Å². The summed E-state index contributed by atoms with van der Waals surface area (Å²) in [6.45, 7) is 6.61. The normalized spacial score (nSPS) is 17.8. The van der Waals surface area contributed by atoms with E-state index in [0.29, 0.717) is 13.1 Å². The van der Waals surface area contributed by atoms with E-state index in [1.54, 1.807) is 24.0 Å². The molecule has 21 heavy (non-hydrogen) atoms. The highest BCUT2D eigenvalue weighted by molar-refractivity contribution is 5.93. The number of carbonyl (C=O) groups excluding carboxylic acids is 1. The van der Waals surface area contributed by atoms with Crippen molar-refractivity contribution in [3.63, 3.8) is 0 Å². The van der Waals surface area contributed by atoms with Gasteiger partial charge in [-0.15, -0.1) is 0 Å². The average molecular weight is 293 g/mol. The fourth-order valence-electron chi connectivity index (χ4n) is 2.70. The zero-order valence-corrected chi connectivity index (χ0v) is 12.6. The van der Waals surface area contributed by atoms with Gasteiger partial charge in [-0.2, -0.15) is 0 Å². The molecule has 1 aliphatic heterocycles. The fourth-order valence-corrected chi connectivity index (χ4v) is 2.70. The highest BCUT2D eigenvalue weighted by Crippen LogP contribution is 2.11. The SMILES string of the molecule is CCC(CO)N1CCN(C(=O)c2ccc(C)[nH]c2=O)CC1. The van der Waals surface area contributed by atoms with Crippen molar-refractivity contribution in [1.29, 1.82) is 0 Å². The van der Waals surface area contributed by atoms with Gasteiger partial charge in [-0.1, -0.05) is 6.92 Å². The van der Waals surface area contributed by atoms with Gasteiger partial charge in [0.15, 0.2) is 0 Å². The molecule has 0 aromatic carbocycles. The molecule has 1 saturated heterocycles. The van der Waals surface area contributed by atoms with Crippen LogP contribution < -0.4 is 5.56 Å². The Kier molecular flexibility index (Phi) is 5.14. The van der Waals surface area contributed by atoms with E-state index in [1.165, 1.54) is 0 Å². The maximum absolute atomic E-state index is 12.4. The summed E-state index contributed by atoms with van der Waals surface area (Å²) in [5, 5.41) is 9.33. The minimum absolute atomic E-state index is 0.141. The van der Waals surface area contributed by atoms with E-state index in [2.05, 4.69) is 9.88 Å². The molecule has 0 saturated carbocycles. The highest BCUT2D eigenvalue weighted by atomic mass is 16.3. The molecule has 1 atom stereocenters. The molecule has 6 nitrogen and oxygen atoms in total. The molecule has 1 unspecified atom stereocenters. The largest absolute Gasteiger partial charge is 0.395 e. The summed E-state index contributed by atoms with van der Waals surface area (Å²) in [5.41, 5.74) is 0.613. The van der Waals surface area contributed by atoms with E-state index in [0.717, 1.165) is 25.2 Å². The standard InChI is InChI=1S/C15H23N3O3/c1-3-12(10-19)17-6-8-18(9-7-17)15(21)13-5-4-11(2)16-14(13)20/h4-5,12,19H,3,6-10H2,1-2H3,(H,16,20). The second-order valence-corrected chi connectivity index (χ2v) is 5.46. The minimum Gasteiger partial charge on any atom is -0.395 e. The lowest BCUT2D eigenvalue weighted by Crippen LogP contribution is -2.53. The molecule has 0 spiro atoms. The number of aromatic nitrogens is 1. The Morgan fingerprint density at radius 1 is 1.33 bits per heavy atom. The van der Waals surface area contributed by atoms with Crippen molar-refractivity contribution in [2.45, 2.75) is 26.3 Å². The summed E-state index contributed by atoms with van der Waals surface area (Å²) in [7, 11) is 0. The Hall–Kier alpha value is -1.66. The Bertz CT molecular complexity index is 543. The monoisotopic (exact) mass is 293 g/mol. The molecule has 1 fully saturated rings. The first-order chi connectivity index (χ1) is 10.1. The number of aryl methyl sites for hydroxylation is 1. The van der Waals surface area contributed by atoms with Crippen LogP contribution in [0.3, 0.4) is 0 Å². The number of aliphatic hydroxyl groups excluding tert-OH is 1. The fraction of sp³-hybridized carbons (Fsp3) is 0.600. The first-order valence-electron chi connectivity index (χ1n) is 7.41. The van der Waals surface area contributed by atoms with E-state index < -0.39 is 0 Å². The molecule has 6 heteroatoms. The van der Waals surface area contributed by atoms with Gasteiger partial charge in [0.05, 0.1) is 6.61 Å². The molecular formula is C15H23N3O3. The van der Waals surface area contributed by atoms with Crippen molar-refractivity contribution in [2.24, 2.45) is 0 Å². The average Bonchev–Trinajstić information content (AvgIpc) is 2.48. The van der Waals surface area contributed by atoms with Crippen LogP contribution in [0.25, 0.3) is 0 Å². The lowest BCUT2D eigenvalue weighted by atomic mass is 10.1. The number of nitrogens with one attached hydrogen (secondary N) is 1. The first-order valence-corrected chi connectivity index (χ1v) is 7.41. The predicted octanol–water partition coefficient (Wildman–Crippen LogP) is 0.212. The van der Waals surface area contributed by atoms with Gasteiger partial charge in [0.2, 0.25) is 0 Å². The van der Waals surface area contributed by atoms with Crippen molar-refractivity contribution in [3.05, 3.63) is 33.7 Å². The minimum atomic E-state index is -0.329. The quantitative estimate of drug-likeness (QED) is 0.832. The smallest absolute Gasteiger partial charge is 0.260 e. The van der Waals surface area contributed by atoms with Gasteiger partial charge < -0.3 is 15.0 Å². The molecule has 1 aromatic rings. The molecular weight excluding hydrogens is 270 g/mol. The van der Waals surface area contributed by atoms with Crippen LogP contribution in [-0.4, -0.2) is 64.6 Å². The van der Waals surface area contributed by atoms with Crippen LogP contribution in [0, 0.1) is 6.92 Å². The van der Waals surface area contributed by atoms with Gasteiger partial charge in [0.25, 0.3) is 11.5 Å². The maximum Gasteiger partial charge on any atom is 0.260 e. The topological polar surface area (TPSA) is 76.6 Å². The second kappa shape index (κ2) is 6.87. The molecule has 2 rings (SSSR count). The second-order valence-electron chi connectivity index (χ2n) is 5.46.